The van der Waals surface area contributed by atoms with E-state index in [1.54, 1.807) is 0 Å². The minimum Gasteiger partial charge on any atom is -0.378 e. The lowest BCUT2D eigenvalue weighted by Gasteiger charge is -1.92. The predicted molar refractivity (Wildman–Crippen MR) is 29.4 cm³/mol. The van der Waals surface area contributed by atoms with Crippen molar-refractivity contribution < 1.29 is 9.74 Å². The van der Waals surface area contributed by atoms with Gasteiger partial charge >= 0.3 is 0 Å². The van der Waals surface area contributed by atoms with Crippen molar-refractivity contribution in [2.24, 2.45) is 0 Å². The molecule has 0 amide bonds. The van der Waals surface area contributed by atoms with Crippen LogP contribution in [0.25, 0.3) is 0 Å². The molecule has 0 fully saturated rings. The maximum atomic E-state index is 8.29. The number of nitrogen functional groups attached to an aromatic ring is 1. The van der Waals surface area contributed by atoms with Gasteiger partial charge in [-0.05, 0) is 10.3 Å². The molecule has 0 bridgehead atoms. The van der Waals surface area contributed by atoms with Crippen LogP contribution in [-0.4, -0.2) is 22.2 Å². The van der Waals surface area contributed by atoms with Crippen LogP contribution in [0.2, 0.25) is 0 Å². The van der Waals surface area contributed by atoms with Gasteiger partial charge in [0.15, 0.2) is 0 Å². The zero-order valence-electron chi connectivity index (χ0n) is 4.53. The quantitative estimate of drug-likeness (QED) is 0.445. The number of aliphatic hydroxyl groups is 1. The maximum absolute atomic E-state index is 8.29. The Bertz CT molecular complexity index is 186. The fraction of sp³-hybridized carbons (Fsp3) is 0.333. The van der Waals surface area contributed by atoms with Gasteiger partial charge in [0, 0.05) is 0 Å². The summed E-state index contributed by atoms with van der Waals surface area (Å²) in [5.74, 6) is 0.404. The zero-order chi connectivity index (χ0) is 6.69. The Morgan fingerprint density at radius 2 is 2.44 bits per heavy atom. The molecule has 0 spiro atoms. The molecule has 9 heavy (non-hydrogen) atoms. The molecule has 0 radical (unpaired) electrons. The van der Waals surface area contributed by atoms with E-state index in [2.05, 4.69) is 20.3 Å². The maximum Gasteiger partial charge on any atom is 0.216 e. The van der Waals surface area contributed by atoms with Crippen molar-refractivity contribution in [2.75, 3.05) is 17.8 Å². The number of nitrogens with one attached hydrogen (secondary N) is 1. The highest BCUT2D eigenvalue weighted by Gasteiger charge is 2.01. The van der Waals surface area contributed by atoms with E-state index in [1.165, 1.54) is 0 Å². The number of rotatable bonds is 2. The first-order valence-corrected chi connectivity index (χ1v) is 2.27. The van der Waals surface area contributed by atoms with Crippen LogP contribution < -0.4 is 11.1 Å². The van der Waals surface area contributed by atoms with E-state index in [9.17, 15) is 0 Å². The average molecular weight is 130 g/mol. The summed E-state index contributed by atoms with van der Waals surface area (Å²) >= 11 is 0. The van der Waals surface area contributed by atoms with Crippen molar-refractivity contribution in [2.45, 2.75) is 0 Å². The number of hydrogen-bond donors (Lipinski definition) is 3. The standard InChI is InChI=1S/C3H6N4O2/c4-2-3(5-1-8)7-9-6-2/h8H,1H2,(H2,4,6)(H,5,7). The third kappa shape index (κ3) is 1.08. The van der Waals surface area contributed by atoms with E-state index in [-0.39, 0.29) is 18.4 Å². The molecule has 0 aliphatic rings. The number of aromatic nitrogens is 2. The van der Waals surface area contributed by atoms with E-state index in [0.29, 0.717) is 0 Å². The molecule has 1 aromatic heterocycles. The van der Waals surface area contributed by atoms with Gasteiger partial charge < -0.3 is 16.2 Å². The highest BCUT2D eigenvalue weighted by molar-refractivity contribution is 5.53. The Labute approximate surface area is 50.6 Å². The van der Waals surface area contributed by atoms with Gasteiger partial charge in [-0.15, -0.1) is 0 Å². The van der Waals surface area contributed by atoms with E-state index in [0.717, 1.165) is 0 Å². The molecular formula is C3H6N4O2. The molecule has 0 atom stereocenters. The summed E-state index contributed by atoms with van der Waals surface area (Å²) in [6.45, 7) is -0.238. The molecule has 0 aliphatic carbocycles. The van der Waals surface area contributed by atoms with Crippen LogP contribution in [0.4, 0.5) is 11.6 Å². The largest absolute Gasteiger partial charge is 0.378 e. The molecule has 6 nitrogen and oxygen atoms in total. The number of aliphatic hydroxyl groups excluding tert-OH is 1. The van der Waals surface area contributed by atoms with Crippen LogP contribution in [0.5, 0.6) is 0 Å². The third-order valence-electron chi connectivity index (χ3n) is 0.760. The van der Waals surface area contributed by atoms with Gasteiger partial charge in [0.25, 0.3) is 0 Å². The summed E-state index contributed by atoms with van der Waals surface area (Å²) < 4.78 is 4.20. The van der Waals surface area contributed by atoms with Gasteiger partial charge in [-0.25, -0.2) is 4.63 Å². The summed E-state index contributed by atoms with van der Waals surface area (Å²) in [7, 11) is 0. The van der Waals surface area contributed by atoms with Crippen LogP contribution in [0.1, 0.15) is 0 Å². The minimum absolute atomic E-state index is 0.143. The lowest BCUT2D eigenvalue weighted by atomic mass is 10.6. The second kappa shape index (κ2) is 2.31. The fourth-order valence-electron chi connectivity index (χ4n) is 0.393. The Kier molecular flexibility index (Phi) is 1.50. The van der Waals surface area contributed by atoms with E-state index in [4.69, 9.17) is 10.8 Å². The summed E-state index contributed by atoms with van der Waals surface area (Å²) in [4.78, 5) is 0. The second-order valence-electron chi connectivity index (χ2n) is 1.33. The SMILES string of the molecule is Nc1nonc1NCO. The average Bonchev–Trinajstić information content (AvgIpc) is 2.18. The van der Waals surface area contributed by atoms with Crippen molar-refractivity contribution in [3.05, 3.63) is 0 Å². The second-order valence-corrected chi connectivity index (χ2v) is 1.33. The normalized spacial score (nSPS) is 9.44. The Morgan fingerprint density at radius 3 is 2.89 bits per heavy atom. The van der Waals surface area contributed by atoms with E-state index in [1.807, 2.05) is 0 Å². The molecule has 1 aromatic rings. The summed E-state index contributed by atoms with van der Waals surface area (Å²) in [5.41, 5.74) is 5.19. The van der Waals surface area contributed by atoms with Gasteiger partial charge in [0.2, 0.25) is 11.6 Å². The summed E-state index contributed by atoms with van der Waals surface area (Å²) in [6.07, 6.45) is 0. The first-order valence-electron chi connectivity index (χ1n) is 2.27. The molecule has 4 N–H and O–H groups in total. The van der Waals surface area contributed by atoms with Crippen molar-refractivity contribution in [1.29, 1.82) is 0 Å². The molecule has 6 heteroatoms. The first kappa shape index (κ1) is 5.83. The molecule has 0 saturated carbocycles. The van der Waals surface area contributed by atoms with Crippen molar-refractivity contribution in [3.63, 3.8) is 0 Å². The predicted octanol–water partition coefficient (Wildman–Crippen LogP) is -0.987. The van der Waals surface area contributed by atoms with Gasteiger partial charge in [-0.3, -0.25) is 0 Å². The van der Waals surface area contributed by atoms with Gasteiger partial charge in [0.1, 0.15) is 6.73 Å². The zero-order valence-corrected chi connectivity index (χ0v) is 4.53. The van der Waals surface area contributed by atoms with Crippen molar-refractivity contribution in [1.82, 2.24) is 10.3 Å². The van der Waals surface area contributed by atoms with Gasteiger partial charge in [0.05, 0.1) is 0 Å². The number of nitrogens with zero attached hydrogens (tertiary/aromatic N) is 2. The Balaban J connectivity index is 2.69. The number of nitrogens with two attached hydrogens (primary N) is 1. The molecule has 1 heterocycles. The smallest absolute Gasteiger partial charge is 0.216 e. The van der Waals surface area contributed by atoms with Crippen LogP contribution in [0.3, 0.4) is 0 Å². The van der Waals surface area contributed by atoms with Crippen LogP contribution >= 0.6 is 0 Å². The van der Waals surface area contributed by atoms with Gasteiger partial charge in [-0.1, -0.05) is 0 Å². The van der Waals surface area contributed by atoms with Gasteiger partial charge in [-0.2, -0.15) is 0 Å². The minimum atomic E-state index is -0.238. The molecular weight excluding hydrogens is 124 g/mol. The lowest BCUT2D eigenvalue weighted by molar-refractivity contribution is 0.304. The van der Waals surface area contributed by atoms with Crippen LogP contribution in [0.15, 0.2) is 4.63 Å². The van der Waals surface area contributed by atoms with Crippen molar-refractivity contribution >= 4 is 11.6 Å². The third-order valence-corrected chi connectivity index (χ3v) is 0.760. The molecule has 0 unspecified atom stereocenters. The molecule has 1 rings (SSSR count). The number of hydrogen-bond acceptors (Lipinski definition) is 6. The molecule has 0 aliphatic heterocycles. The lowest BCUT2D eigenvalue weighted by Crippen LogP contribution is -2.02. The topological polar surface area (TPSA) is 97.2 Å². The Morgan fingerprint density at radius 1 is 1.67 bits per heavy atom. The van der Waals surface area contributed by atoms with Crippen LogP contribution in [-0.2, 0) is 0 Å². The number of anilines is 2. The molecule has 50 valence electrons. The molecule has 0 saturated heterocycles. The monoisotopic (exact) mass is 130 g/mol. The molecule has 0 aromatic carbocycles. The fourth-order valence-corrected chi connectivity index (χ4v) is 0.393. The van der Waals surface area contributed by atoms with E-state index >= 15 is 0 Å². The highest BCUT2D eigenvalue weighted by Crippen LogP contribution is 2.08. The first-order chi connectivity index (χ1) is 4.34. The van der Waals surface area contributed by atoms with Crippen molar-refractivity contribution in [3.8, 4) is 0 Å². The van der Waals surface area contributed by atoms with Crippen LogP contribution in [0, 0.1) is 0 Å². The summed E-state index contributed by atoms with van der Waals surface area (Å²) in [5, 5.41) is 17.3. The summed E-state index contributed by atoms with van der Waals surface area (Å²) in [6, 6.07) is 0. The van der Waals surface area contributed by atoms with E-state index < -0.39 is 0 Å². The Hall–Kier alpha value is -1.30. The highest BCUT2D eigenvalue weighted by atomic mass is 16.6.